The molecule has 0 spiro atoms. The van der Waals surface area contributed by atoms with Crippen molar-refractivity contribution in [2.75, 3.05) is 12.4 Å². The Bertz CT molecular complexity index is 874. The van der Waals surface area contributed by atoms with Crippen molar-refractivity contribution in [1.82, 2.24) is 15.2 Å². The van der Waals surface area contributed by atoms with Crippen molar-refractivity contribution in [3.63, 3.8) is 0 Å². The minimum atomic E-state index is -0.250. The van der Waals surface area contributed by atoms with Gasteiger partial charge in [0.15, 0.2) is 5.84 Å². The second-order valence-corrected chi connectivity index (χ2v) is 6.50. The predicted molar refractivity (Wildman–Crippen MR) is 102 cm³/mol. The van der Waals surface area contributed by atoms with Crippen molar-refractivity contribution < 1.29 is 4.39 Å². The van der Waals surface area contributed by atoms with Gasteiger partial charge >= 0.3 is 0 Å². The number of aliphatic imine (C=N–C) groups is 1. The number of rotatable bonds is 5. The van der Waals surface area contributed by atoms with Crippen LogP contribution in [-0.4, -0.2) is 28.1 Å². The zero-order chi connectivity index (χ0) is 17.9. The molecular weight excluding hydrogens is 351 g/mol. The first kappa shape index (κ1) is 16.8. The van der Waals surface area contributed by atoms with E-state index in [2.05, 4.69) is 15.2 Å². The second kappa shape index (κ2) is 7.30. The minimum Gasteiger partial charge on any atom is -0.344 e. The molecule has 1 aromatic carbocycles. The lowest BCUT2D eigenvalue weighted by atomic mass is 9.93. The Labute approximate surface area is 156 Å². The minimum absolute atomic E-state index is 0.167. The van der Waals surface area contributed by atoms with E-state index in [1.807, 2.05) is 36.7 Å². The molecule has 1 atom stereocenters. The van der Waals surface area contributed by atoms with E-state index in [-0.39, 0.29) is 11.9 Å². The Morgan fingerprint density at radius 1 is 1.12 bits per heavy atom. The Hall–Kier alpha value is -2.66. The van der Waals surface area contributed by atoms with Gasteiger partial charge in [-0.1, -0.05) is 12.1 Å². The Morgan fingerprint density at radius 3 is 2.62 bits per heavy atom. The van der Waals surface area contributed by atoms with Gasteiger partial charge in [0.25, 0.3) is 0 Å². The van der Waals surface area contributed by atoms with Crippen LogP contribution in [0.1, 0.15) is 23.6 Å². The fraction of sp³-hybridized carbons (Fsp3) is 0.200. The van der Waals surface area contributed by atoms with Crippen LogP contribution in [0.2, 0.25) is 0 Å². The monoisotopic (exact) mass is 368 g/mol. The van der Waals surface area contributed by atoms with Crippen molar-refractivity contribution in [2.45, 2.75) is 12.5 Å². The molecule has 0 saturated heterocycles. The van der Waals surface area contributed by atoms with Crippen LogP contribution in [0.25, 0.3) is 5.57 Å². The van der Waals surface area contributed by atoms with E-state index >= 15 is 0 Å². The fourth-order valence-electron chi connectivity index (χ4n) is 3.32. The number of fused-ring (bicyclic) bond motifs is 1. The molecule has 1 N–H and O–H groups in total. The molecular formula is C20H18ClFN4. The van der Waals surface area contributed by atoms with Crippen LogP contribution < -0.4 is 5.32 Å². The van der Waals surface area contributed by atoms with Gasteiger partial charge in [-0.25, -0.2) is 4.39 Å². The Morgan fingerprint density at radius 2 is 1.88 bits per heavy atom. The highest BCUT2D eigenvalue weighted by Crippen LogP contribution is 2.42. The van der Waals surface area contributed by atoms with Crippen LogP contribution >= 0.6 is 11.6 Å². The van der Waals surface area contributed by atoms with Gasteiger partial charge in [0.05, 0.1) is 5.70 Å². The van der Waals surface area contributed by atoms with Crippen molar-refractivity contribution in [3.05, 3.63) is 83.8 Å². The quantitative estimate of drug-likeness (QED) is 0.808. The summed E-state index contributed by atoms with van der Waals surface area (Å²) < 4.78 is 13.5. The molecule has 0 saturated carbocycles. The van der Waals surface area contributed by atoms with Gasteiger partial charge in [-0.05, 0) is 41.8 Å². The average molecular weight is 369 g/mol. The summed E-state index contributed by atoms with van der Waals surface area (Å²) in [7, 11) is 0. The number of benzene rings is 1. The molecule has 2 aliphatic rings. The summed E-state index contributed by atoms with van der Waals surface area (Å²) in [6, 6.07) is 10.4. The molecule has 0 radical (unpaired) electrons. The zero-order valence-corrected chi connectivity index (χ0v) is 14.8. The summed E-state index contributed by atoms with van der Waals surface area (Å²) in [5.41, 5.74) is 4.08. The molecule has 0 fully saturated rings. The molecule has 4 rings (SSSR count). The van der Waals surface area contributed by atoms with E-state index < -0.39 is 0 Å². The van der Waals surface area contributed by atoms with Gasteiger partial charge in [-0.15, -0.1) is 11.6 Å². The maximum atomic E-state index is 13.5. The van der Waals surface area contributed by atoms with Gasteiger partial charge in [-0.2, -0.15) is 0 Å². The highest BCUT2D eigenvalue weighted by molar-refractivity contribution is 6.17. The smallest absolute Gasteiger partial charge is 0.150 e. The molecule has 2 aliphatic heterocycles. The normalized spacial score (nSPS) is 18.6. The lowest BCUT2D eigenvalue weighted by Crippen LogP contribution is -2.34. The molecule has 0 amide bonds. The average Bonchev–Trinajstić information content (AvgIpc) is 3.08. The number of amidine groups is 1. The third-order valence-electron chi connectivity index (χ3n) is 4.48. The first-order valence-electron chi connectivity index (χ1n) is 8.52. The molecule has 1 aromatic heterocycles. The highest BCUT2D eigenvalue weighted by Gasteiger charge is 2.34. The van der Waals surface area contributed by atoms with Crippen molar-refractivity contribution >= 4 is 23.0 Å². The number of nitrogens with one attached hydrogen (secondary N) is 1. The number of hydrogen-bond acceptors (Lipinski definition) is 4. The molecule has 6 heteroatoms. The van der Waals surface area contributed by atoms with Crippen molar-refractivity contribution in [1.29, 1.82) is 0 Å². The summed E-state index contributed by atoms with van der Waals surface area (Å²) in [5, 5.41) is 3.25. The van der Waals surface area contributed by atoms with Gasteiger partial charge in [0, 0.05) is 42.8 Å². The second-order valence-electron chi connectivity index (χ2n) is 6.13. The zero-order valence-electron chi connectivity index (χ0n) is 14.1. The summed E-state index contributed by atoms with van der Waals surface area (Å²) in [5.74, 6) is 1.17. The van der Waals surface area contributed by atoms with Gasteiger partial charge in [-0.3, -0.25) is 9.98 Å². The molecule has 1 unspecified atom stereocenters. The maximum absolute atomic E-state index is 13.5. The number of halogens is 2. The third kappa shape index (κ3) is 3.10. The lowest BCUT2D eigenvalue weighted by molar-refractivity contribution is 0.476. The van der Waals surface area contributed by atoms with E-state index in [1.54, 1.807) is 12.4 Å². The van der Waals surface area contributed by atoms with Crippen LogP contribution in [0, 0.1) is 5.82 Å². The van der Waals surface area contributed by atoms with E-state index in [4.69, 9.17) is 16.6 Å². The van der Waals surface area contributed by atoms with Gasteiger partial charge in [0.2, 0.25) is 0 Å². The number of alkyl halides is 1. The van der Waals surface area contributed by atoms with Crippen molar-refractivity contribution in [3.8, 4) is 0 Å². The lowest BCUT2D eigenvalue weighted by Gasteiger charge is -2.28. The Kier molecular flexibility index (Phi) is 4.71. The number of nitrogens with zero attached hydrogens (tertiary/aromatic N) is 3. The molecule has 3 heterocycles. The topological polar surface area (TPSA) is 40.5 Å². The van der Waals surface area contributed by atoms with Gasteiger partial charge < -0.3 is 10.2 Å². The summed E-state index contributed by atoms with van der Waals surface area (Å²) in [6.07, 6.45) is 8.27. The molecule has 2 aromatic rings. The highest BCUT2D eigenvalue weighted by atomic mass is 35.5. The third-order valence-corrected chi connectivity index (χ3v) is 4.75. The largest absolute Gasteiger partial charge is 0.344 e. The summed E-state index contributed by atoms with van der Waals surface area (Å²) in [4.78, 5) is 11.2. The standard InChI is InChI=1S/C20H18ClFN4/c21-8-1-12-26-13-11-24-20-19(26)17(14-2-4-16(22)5-3-14)18(25-20)15-6-9-23-10-7-15/h2-7,9-11,13,18H,1,8,12H2,(H,24,25). The summed E-state index contributed by atoms with van der Waals surface area (Å²) in [6.45, 7) is 0.795. The van der Waals surface area contributed by atoms with E-state index in [0.717, 1.165) is 41.2 Å². The van der Waals surface area contributed by atoms with Gasteiger partial charge in [0.1, 0.15) is 11.9 Å². The first-order chi connectivity index (χ1) is 12.8. The van der Waals surface area contributed by atoms with Crippen LogP contribution in [0.5, 0.6) is 0 Å². The SMILES string of the molecule is Fc1ccc(C2=C3C(=NC2c2ccncc2)NC=CN3CCCCl)cc1. The molecule has 0 aliphatic carbocycles. The fourth-order valence-corrected chi connectivity index (χ4v) is 3.44. The molecule has 4 nitrogen and oxygen atoms in total. The van der Waals surface area contributed by atoms with Crippen LogP contribution in [0.3, 0.4) is 0 Å². The van der Waals surface area contributed by atoms with Crippen LogP contribution in [0.15, 0.2) is 71.9 Å². The van der Waals surface area contributed by atoms with Crippen LogP contribution in [0.4, 0.5) is 4.39 Å². The molecule has 132 valence electrons. The number of hydrogen-bond donors (Lipinski definition) is 1. The Balaban J connectivity index is 1.85. The first-order valence-corrected chi connectivity index (χ1v) is 9.05. The van der Waals surface area contributed by atoms with E-state index in [1.165, 1.54) is 12.1 Å². The van der Waals surface area contributed by atoms with Crippen LogP contribution in [-0.2, 0) is 0 Å². The molecule has 26 heavy (non-hydrogen) atoms. The number of pyridine rings is 1. The van der Waals surface area contributed by atoms with Crippen molar-refractivity contribution in [2.24, 2.45) is 4.99 Å². The van der Waals surface area contributed by atoms with E-state index in [9.17, 15) is 4.39 Å². The maximum Gasteiger partial charge on any atom is 0.150 e. The summed E-state index contributed by atoms with van der Waals surface area (Å²) >= 11 is 5.90. The number of aromatic nitrogens is 1. The predicted octanol–water partition coefficient (Wildman–Crippen LogP) is 4.09. The van der Waals surface area contributed by atoms with E-state index in [0.29, 0.717) is 5.88 Å². The molecule has 0 bridgehead atoms.